The number of hydrogen-bond acceptors (Lipinski definition) is 4. The lowest BCUT2D eigenvalue weighted by Crippen LogP contribution is -2.10. The van der Waals surface area contributed by atoms with Crippen molar-refractivity contribution in [3.05, 3.63) is 52.5 Å². The average molecular weight is 379 g/mol. The molecular formula is C20H23ClO5. The Balaban J connectivity index is 1.92. The quantitative estimate of drug-likeness (QED) is 0.621. The number of aliphatic carboxylic acids is 1. The predicted molar refractivity (Wildman–Crippen MR) is 101 cm³/mol. The largest absolute Gasteiger partial charge is 0.493 e. The Morgan fingerprint density at radius 1 is 1.08 bits per heavy atom. The Morgan fingerprint density at radius 3 is 2.38 bits per heavy atom. The maximum atomic E-state index is 10.7. The number of rotatable bonds is 10. The molecule has 0 fully saturated rings. The van der Waals surface area contributed by atoms with Crippen molar-refractivity contribution in [3.63, 3.8) is 0 Å². The summed E-state index contributed by atoms with van der Waals surface area (Å²) in [5.41, 5.74) is 2.04. The first kappa shape index (κ1) is 19.9. The third kappa shape index (κ3) is 5.85. The van der Waals surface area contributed by atoms with E-state index in [1.807, 2.05) is 24.3 Å². The van der Waals surface area contributed by atoms with Gasteiger partial charge in [0.2, 0.25) is 0 Å². The fourth-order valence-electron chi connectivity index (χ4n) is 2.43. The number of benzene rings is 2. The topological polar surface area (TPSA) is 65.0 Å². The van der Waals surface area contributed by atoms with Gasteiger partial charge in [0.15, 0.2) is 11.5 Å². The summed E-state index contributed by atoms with van der Waals surface area (Å²) in [6, 6.07) is 11.4. The number of carboxylic acid groups (broad SMARTS) is 1. The first-order chi connectivity index (χ1) is 12.5. The summed E-state index contributed by atoms with van der Waals surface area (Å²) in [5.74, 6) is 0.834. The molecular weight excluding hydrogens is 356 g/mol. The second-order valence-electron chi connectivity index (χ2n) is 5.70. The van der Waals surface area contributed by atoms with Gasteiger partial charge in [-0.15, -0.1) is 0 Å². The molecule has 2 aromatic rings. The zero-order valence-electron chi connectivity index (χ0n) is 15.0. The van der Waals surface area contributed by atoms with Crippen molar-refractivity contribution in [2.24, 2.45) is 0 Å². The summed E-state index contributed by atoms with van der Waals surface area (Å²) in [5, 5.41) is 9.17. The second-order valence-corrected chi connectivity index (χ2v) is 6.10. The summed E-state index contributed by atoms with van der Waals surface area (Å²) in [6.45, 7) is 2.78. The van der Waals surface area contributed by atoms with Crippen molar-refractivity contribution in [2.75, 3.05) is 20.3 Å². The van der Waals surface area contributed by atoms with E-state index in [4.69, 9.17) is 30.9 Å². The smallest absolute Gasteiger partial charge is 0.303 e. The van der Waals surface area contributed by atoms with E-state index in [2.05, 4.69) is 6.92 Å². The number of aryl methyl sites for hydroxylation is 2. The van der Waals surface area contributed by atoms with Crippen LogP contribution in [0, 0.1) is 0 Å². The van der Waals surface area contributed by atoms with Crippen molar-refractivity contribution in [1.29, 1.82) is 0 Å². The van der Waals surface area contributed by atoms with Crippen molar-refractivity contribution < 1.29 is 24.1 Å². The van der Waals surface area contributed by atoms with E-state index in [1.165, 1.54) is 12.7 Å². The van der Waals surface area contributed by atoms with E-state index in [1.54, 1.807) is 12.1 Å². The van der Waals surface area contributed by atoms with Crippen LogP contribution in [0.25, 0.3) is 0 Å². The molecule has 0 aromatic heterocycles. The van der Waals surface area contributed by atoms with Crippen LogP contribution in [0.2, 0.25) is 5.02 Å². The van der Waals surface area contributed by atoms with Gasteiger partial charge in [0.05, 0.1) is 12.1 Å². The number of methoxy groups -OCH3 is 1. The van der Waals surface area contributed by atoms with Gasteiger partial charge in [-0.1, -0.05) is 30.7 Å². The minimum absolute atomic E-state index is 0.0321. The Kier molecular flexibility index (Phi) is 7.60. The number of hydrogen-bond donors (Lipinski definition) is 1. The van der Waals surface area contributed by atoms with Crippen LogP contribution in [0.4, 0.5) is 0 Å². The maximum Gasteiger partial charge on any atom is 0.303 e. The van der Waals surface area contributed by atoms with Crippen LogP contribution in [-0.2, 0) is 17.6 Å². The summed E-state index contributed by atoms with van der Waals surface area (Å²) >= 11 is 6.26. The first-order valence-corrected chi connectivity index (χ1v) is 8.84. The highest BCUT2D eigenvalue weighted by Gasteiger charge is 2.13. The summed E-state index contributed by atoms with van der Waals surface area (Å²) < 4.78 is 16.7. The molecule has 0 spiro atoms. The van der Waals surface area contributed by atoms with E-state index >= 15 is 0 Å². The van der Waals surface area contributed by atoms with Crippen molar-refractivity contribution in [3.8, 4) is 17.2 Å². The monoisotopic (exact) mass is 378 g/mol. The maximum absolute atomic E-state index is 10.7. The Morgan fingerprint density at radius 2 is 1.77 bits per heavy atom. The number of carbonyl (C=O) groups is 1. The van der Waals surface area contributed by atoms with E-state index in [-0.39, 0.29) is 6.42 Å². The molecule has 0 radical (unpaired) electrons. The van der Waals surface area contributed by atoms with Crippen LogP contribution in [0.5, 0.6) is 17.2 Å². The Bertz CT molecular complexity index is 728. The minimum atomic E-state index is -0.857. The molecule has 2 rings (SSSR count). The van der Waals surface area contributed by atoms with Gasteiger partial charge in [-0.2, -0.15) is 0 Å². The van der Waals surface area contributed by atoms with Crippen molar-refractivity contribution in [1.82, 2.24) is 0 Å². The van der Waals surface area contributed by atoms with Crippen LogP contribution < -0.4 is 14.2 Å². The number of ether oxygens (including phenoxy) is 3. The molecule has 1 N–H and O–H groups in total. The lowest BCUT2D eigenvalue weighted by atomic mass is 10.1. The third-order valence-corrected chi connectivity index (χ3v) is 4.13. The van der Waals surface area contributed by atoms with Crippen LogP contribution in [0.1, 0.15) is 24.5 Å². The first-order valence-electron chi connectivity index (χ1n) is 8.46. The molecule has 0 aliphatic carbocycles. The Hall–Kier alpha value is -2.40. The molecule has 0 heterocycles. The van der Waals surface area contributed by atoms with Gasteiger partial charge >= 0.3 is 5.97 Å². The summed E-state index contributed by atoms with van der Waals surface area (Å²) in [7, 11) is 1.52. The molecule has 0 bridgehead atoms. The molecule has 0 amide bonds. The van der Waals surface area contributed by atoms with E-state index in [0.29, 0.717) is 36.2 Å². The summed E-state index contributed by atoms with van der Waals surface area (Å²) in [4.78, 5) is 10.7. The van der Waals surface area contributed by atoms with Crippen molar-refractivity contribution >= 4 is 17.6 Å². The molecule has 5 nitrogen and oxygen atoms in total. The molecule has 6 heteroatoms. The van der Waals surface area contributed by atoms with Crippen LogP contribution in [0.3, 0.4) is 0 Å². The molecule has 0 saturated carbocycles. The highest BCUT2D eigenvalue weighted by atomic mass is 35.5. The lowest BCUT2D eigenvalue weighted by molar-refractivity contribution is -0.136. The van der Waals surface area contributed by atoms with E-state index in [0.717, 1.165) is 17.7 Å². The van der Waals surface area contributed by atoms with Gasteiger partial charge < -0.3 is 19.3 Å². The SMILES string of the molecule is CCc1ccc(OCCOc2c(Cl)cc(CCC(=O)O)cc2OC)cc1. The van der Waals surface area contributed by atoms with Crippen LogP contribution >= 0.6 is 11.6 Å². The fraction of sp³-hybridized carbons (Fsp3) is 0.350. The highest BCUT2D eigenvalue weighted by Crippen LogP contribution is 2.36. The van der Waals surface area contributed by atoms with Gasteiger partial charge in [0, 0.05) is 6.42 Å². The molecule has 0 unspecified atom stereocenters. The highest BCUT2D eigenvalue weighted by molar-refractivity contribution is 6.32. The van der Waals surface area contributed by atoms with E-state index in [9.17, 15) is 4.79 Å². The predicted octanol–water partition coefficient (Wildman–Crippen LogP) is 4.39. The number of halogens is 1. The zero-order valence-corrected chi connectivity index (χ0v) is 15.7. The van der Waals surface area contributed by atoms with Gasteiger partial charge in [-0.25, -0.2) is 0 Å². The lowest BCUT2D eigenvalue weighted by Gasteiger charge is -2.14. The average Bonchev–Trinajstić information content (AvgIpc) is 2.64. The van der Waals surface area contributed by atoms with Gasteiger partial charge in [-0.05, 0) is 48.2 Å². The third-order valence-electron chi connectivity index (χ3n) is 3.85. The fourth-order valence-corrected chi connectivity index (χ4v) is 2.72. The molecule has 2 aromatic carbocycles. The van der Waals surface area contributed by atoms with Crippen molar-refractivity contribution in [2.45, 2.75) is 26.2 Å². The van der Waals surface area contributed by atoms with Gasteiger partial charge in [-0.3, -0.25) is 4.79 Å². The van der Waals surface area contributed by atoms with Crippen LogP contribution in [-0.4, -0.2) is 31.4 Å². The second kappa shape index (κ2) is 9.92. The Labute approximate surface area is 158 Å². The van der Waals surface area contributed by atoms with Crippen LogP contribution in [0.15, 0.2) is 36.4 Å². The molecule has 26 heavy (non-hydrogen) atoms. The van der Waals surface area contributed by atoms with Gasteiger partial charge in [0.25, 0.3) is 0 Å². The standard InChI is InChI=1S/C20H23ClO5/c1-3-14-4-7-16(8-5-14)25-10-11-26-20-17(21)12-15(6-9-19(22)23)13-18(20)24-2/h4-5,7-8,12-13H,3,6,9-11H2,1-2H3,(H,22,23). The molecule has 0 atom stereocenters. The molecule has 0 aliphatic heterocycles. The molecule has 140 valence electrons. The van der Waals surface area contributed by atoms with Gasteiger partial charge in [0.1, 0.15) is 19.0 Å². The zero-order chi connectivity index (χ0) is 18.9. The molecule has 0 aliphatic rings. The number of carboxylic acids is 1. The summed E-state index contributed by atoms with van der Waals surface area (Å²) in [6.07, 6.45) is 1.40. The normalized spacial score (nSPS) is 10.4. The minimum Gasteiger partial charge on any atom is -0.493 e. The molecule has 0 saturated heterocycles. The van der Waals surface area contributed by atoms with E-state index < -0.39 is 5.97 Å².